The molecule has 0 bridgehead atoms. The minimum Gasteiger partial charge on any atom is -0.327 e. The van der Waals surface area contributed by atoms with Crippen LogP contribution in [0.15, 0.2) is 18.2 Å². The molecule has 0 aliphatic rings. The number of benzene rings is 1. The maximum absolute atomic E-state index is 13.2. The van der Waals surface area contributed by atoms with Crippen molar-refractivity contribution in [2.45, 2.75) is 13.3 Å². The van der Waals surface area contributed by atoms with Gasteiger partial charge >= 0.3 is 6.03 Å². The Morgan fingerprint density at radius 1 is 1.59 bits per heavy atom. The quantitative estimate of drug-likeness (QED) is 0.875. The van der Waals surface area contributed by atoms with Crippen LogP contribution in [0.4, 0.5) is 14.9 Å². The standard InChI is InChI=1S/C12H14FN3O/c1-9-4-5-10(8-11(9)13)15-12(17)16(2)7-3-6-14/h4-5,8H,3,7H2,1-2H3,(H,15,17). The molecule has 0 fully saturated rings. The lowest BCUT2D eigenvalue weighted by molar-refractivity contribution is 0.223. The summed E-state index contributed by atoms with van der Waals surface area (Å²) in [5.41, 5.74) is 0.933. The molecule has 0 spiro atoms. The molecular formula is C12H14FN3O. The van der Waals surface area contributed by atoms with Crippen LogP contribution >= 0.6 is 0 Å². The van der Waals surface area contributed by atoms with Gasteiger partial charge in [0.05, 0.1) is 12.5 Å². The van der Waals surface area contributed by atoms with Crippen molar-refractivity contribution in [3.63, 3.8) is 0 Å². The van der Waals surface area contributed by atoms with Gasteiger partial charge in [-0.25, -0.2) is 9.18 Å². The van der Waals surface area contributed by atoms with Crippen LogP contribution in [0.5, 0.6) is 0 Å². The van der Waals surface area contributed by atoms with Crippen molar-refractivity contribution >= 4 is 11.7 Å². The van der Waals surface area contributed by atoms with Crippen LogP contribution in [0.1, 0.15) is 12.0 Å². The maximum atomic E-state index is 13.2. The Kier molecular flexibility index (Phi) is 4.46. The smallest absolute Gasteiger partial charge is 0.321 e. The predicted molar refractivity (Wildman–Crippen MR) is 63.0 cm³/mol. The first kappa shape index (κ1) is 13.0. The number of carbonyl (C=O) groups excluding carboxylic acids is 1. The van der Waals surface area contributed by atoms with Gasteiger partial charge in [0.2, 0.25) is 0 Å². The third-order valence-electron chi connectivity index (χ3n) is 2.33. The molecule has 0 atom stereocenters. The number of carbonyl (C=O) groups is 1. The molecule has 0 aliphatic carbocycles. The van der Waals surface area contributed by atoms with E-state index in [0.29, 0.717) is 17.8 Å². The van der Waals surface area contributed by atoms with Crippen LogP contribution in [0, 0.1) is 24.1 Å². The van der Waals surface area contributed by atoms with Gasteiger partial charge in [-0.3, -0.25) is 0 Å². The van der Waals surface area contributed by atoms with Crippen molar-refractivity contribution in [2.24, 2.45) is 0 Å². The summed E-state index contributed by atoms with van der Waals surface area (Å²) in [6, 6.07) is 6.09. The highest BCUT2D eigenvalue weighted by Gasteiger charge is 2.08. The van der Waals surface area contributed by atoms with Gasteiger partial charge in [0, 0.05) is 19.3 Å². The Morgan fingerprint density at radius 3 is 2.88 bits per heavy atom. The molecule has 1 aromatic carbocycles. The fourth-order valence-corrected chi connectivity index (χ4v) is 1.21. The number of rotatable bonds is 3. The number of urea groups is 1. The van der Waals surface area contributed by atoms with Gasteiger partial charge in [-0.15, -0.1) is 0 Å². The average Bonchev–Trinajstić information content (AvgIpc) is 2.30. The number of aryl methyl sites for hydroxylation is 1. The van der Waals surface area contributed by atoms with Gasteiger partial charge in [-0.2, -0.15) is 5.26 Å². The summed E-state index contributed by atoms with van der Waals surface area (Å²) in [6.45, 7) is 2.00. The molecule has 5 heteroatoms. The summed E-state index contributed by atoms with van der Waals surface area (Å²) in [5.74, 6) is -0.359. The molecular weight excluding hydrogens is 221 g/mol. The third-order valence-corrected chi connectivity index (χ3v) is 2.33. The second-order valence-electron chi connectivity index (χ2n) is 3.72. The fourth-order valence-electron chi connectivity index (χ4n) is 1.21. The van der Waals surface area contributed by atoms with Crippen LogP contribution < -0.4 is 5.32 Å². The summed E-state index contributed by atoms with van der Waals surface area (Å²) in [7, 11) is 1.58. The van der Waals surface area contributed by atoms with E-state index in [2.05, 4.69) is 5.32 Å². The largest absolute Gasteiger partial charge is 0.327 e. The number of anilines is 1. The van der Waals surface area contributed by atoms with Crippen LogP contribution in [0.25, 0.3) is 0 Å². The molecule has 90 valence electrons. The first-order valence-electron chi connectivity index (χ1n) is 5.20. The van der Waals surface area contributed by atoms with Gasteiger partial charge < -0.3 is 10.2 Å². The molecule has 0 aliphatic heterocycles. The van der Waals surface area contributed by atoms with E-state index in [-0.39, 0.29) is 18.3 Å². The van der Waals surface area contributed by atoms with Crippen LogP contribution in [0.3, 0.4) is 0 Å². The van der Waals surface area contributed by atoms with E-state index in [1.54, 1.807) is 26.1 Å². The van der Waals surface area contributed by atoms with Gasteiger partial charge in [0.1, 0.15) is 5.82 Å². The highest BCUT2D eigenvalue weighted by molar-refractivity contribution is 5.89. The first-order valence-corrected chi connectivity index (χ1v) is 5.20. The molecule has 2 amide bonds. The number of halogens is 1. The minimum atomic E-state index is -0.359. The zero-order chi connectivity index (χ0) is 12.8. The van der Waals surface area contributed by atoms with Gasteiger partial charge in [-0.05, 0) is 24.6 Å². The Morgan fingerprint density at radius 2 is 2.29 bits per heavy atom. The lowest BCUT2D eigenvalue weighted by Gasteiger charge is -2.16. The second-order valence-corrected chi connectivity index (χ2v) is 3.72. The first-order chi connectivity index (χ1) is 8.04. The van der Waals surface area contributed by atoms with Crippen LogP contribution in [0.2, 0.25) is 0 Å². The van der Waals surface area contributed by atoms with Crippen LogP contribution in [-0.2, 0) is 0 Å². The number of nitrogens with one attached hydrogen (secondary N) is 1. The van der Waals surface area contributed by atoms with Gasteiger partial charge in [-0.1, -0.05) is 6.07 Å². The number of nitrogens with zero attached hydrogens (tertiary/aromatic N) is 2. The molecule has 4 nitrogen and oxygen atoms in total. The van der Waals surface area contributed by atoms with E-state index in [9.17, 15) is 9.18 Å². The molecule has 0 saturated heterocycles. The van der Waals surface area contributed by atoms with Crippen molar-refractivity contribution in [2.75, 3.05) is 18.9 Å². The lowest BCUT2D eigenvalue weighted by Crippen LogP contribution is -2.32. The van der Waals surface area contributed by atoms with E-state index in [4.69, 9.17) is 5.26 Å². The average molecular weight is 235 g/mol. The molecule has 0 aromatic heterocycles. The van der Waals surface area contributed by atoms with Gasteiger partial charge in [0.25, 0.3) is 0 Å². The summed E-state index contributed by atoms with van der Waals surface area (Å²) in [4.78, 5) is 13.0. The lowest BCUT2D eigenvalue weighted by atomic mass is 10.2. The SMILES string of the molecule is Cc1ccc(NC(=O)N(C)CCC#N)cc1F. The highest BCUT2D eigenvalue weighted by Crippen LogP contribution is 2.13. The summed E-state index contributed by atoms with van der Waals surface area (Å²) in [5, 5.41) is 11.0. The third kappa shape index (κ3) is 3.76. The van der Waals surface area contributed by atoms with Crippen molar-refractivity contribution in [1.82, 2.24) is 4.90 Å². The number of hydrogen-bond donors (Lipinski definition) is 1. The molecule has 0 saturated carbocycles. The van der Waals surface area contributed by atoms with E-state index < -0.39 is 0 Å². The Labute approximate surface area is 99.7 Å². The summed E-state index contributed by atoms with van der Waals surface area (Å²) >= 11 is 0. The zero-order valence-electron chi connectivity index (χ0n) is 9.83. The number of amides is 2. The molecule has 1 rings (SSSR count). The van der Waals surface area contributed by atoms with Crippen molar-refractivity contribution in [3.05, 3.63) is 29.6 Å². The molecule has 0 unspecified atom stereocenters. The topological polar surface area (TPSA) is 56.1 Å². The summed E-state index contributed by atoms with van der Waals surface area (Å²) < 4.78 is 13.2. The van der Waals surface area contributed by atoms with Crippen molar-refractivity contribution in [1.29, 1.82) is 5.26 Å². The molecule has 1 N–H and O–H groups in total. The predicted octanol–water partition coefficient (Wildman–Crippen LogP) is 2.51. The number of nitriles is 1. The minimum absolute atomic E-state index is 0.270. The van der Waals surface area contributed by atoms with Gasteiger partial charge in [0.15, 0.2) is 0 Å². The molecule has 0 heterocycles. The Bertz CT molecular complexity index is 454. The van der Waals surface area contributed by atoms with E-state index in [1.165, 1.54) is 11.0 Å². The van der Waals surface area contributed by atoms with E-state index in [1.807, 2.05) is 6.07 Å². The normalized spacial score (nSPS) is 9.53. The highest BCUT2D eigenvalue weighted by atomic mass is 19.1. The van der Waals surface area contributed by atoms with Crippen molar-refractivity contribution < 1.29 is 9.18 Å². The maximum Gasteiger partial charge on any atom is 0.321 e. The van der Waals surface area contributed by atoms with E-state index >= 15 is 0 Å². The fraction of sp³-hybridized carbons (Fsp3) is 0.333. The summed E-state index contributed by atoms with van der Waals surface area (Å²) in [6.07, 6.45) is 0.270. The van der Waals surface area contributed by atoms with E-state index in [0.717, 1.165) is 0 Å². The monoisotopic (exact) mass is 235 g/mol. The molecule has 1 aromatic rings. The Balaban J connectivity index is 2.62. The Hall–Kier alpha value is -2.09. The number of hydrogen-bond acceptors (Lipinski definition) is 2. The molecule has 17 heavy (non-hydrogen) atoms. The molecule has 0 radical (unpaired) electrons. The van der Waals surface area contributed by atoms with Crippen LogP contribution in [-0.4, -0.2) is 24.5 Å². The zero-order valence-corrected chi connectivity index (χ0v) is 9.83. The second kappa shape index (κ2) is 5.85. The van der Waals surface area contributed by atoms with Crippen molar-refractivity contribution in [3.8, 4) is 6.07 Å².